The van der Waals surface area contributed by atoms with Crippen LogP contribution in [0.3, 0.4) is 0 Å². The van der Waals surface area contributed by atoms with Crippen LogP contribution in [0.4, 0.5) is 0 Å². The van der Waals surface area contributed by atoms with E-state index in [-0.39, 0.29) is 24.8 Å². The summed E-state index contributed by atoms with van der Waals surface area (Å²) in [4.78, 5) is 5.04. The first kappa shape index (κ1) is 18.8. The van der Waals surface area contributed by atoms with E-state index in [2.05, 4.69) is 42.1 Å². The Morgan fingerprint density at radius 2 is 1.95 bits per heavy atom. The molecule has 21 heavy (non-hydrogen) atoms. The fourth-order valence-electron chi connectivity index (χ4n) is 3.48. The molecule has 4 nitrogen and oxygen atoms in total. The molecule has 2 fully saturated rings. The maximum atomic E-state index is 4.38. The lowest BCUT2D eigenvalue weighted by molar-refractivity contribution is 0.233. The minimum atomic E-state index is 0. The van der Waals surface area contributed by atoms with Gasteiger partial charge < -0.3 is 4.90 Å². The molecule has 0 unspecified atom stereocenters. The van der Waals surface area contributed by atoms with Crippen molar-refractivity contribution in [3.63, 3.8) is 0 Å². The lowest BCUT2D eigenvalue weighted by atomic mass is 9.97. The normalized spacial score (nSPS) is 25.7. The number of aryl methyl sites for hydroxylation is 1. The van der Waals surface area contributed by atoms with Gasteiger partial charge in [0, 0.05) is 44.0 Å². The van der Waals surface area contributed by atoms with Crippen LogP contribution >= 0.6 is 24.8 Å². The molecule has 1 saturated carbocycles. The Hall–Kier alpha value is -0.290. The lowest BCUT2D eigenvalue weighted by Gasteiger charge is -2.24. The smallest absolute Gasteiger partial charge is 0.0534 e. The van der Waals surface area contributed by atoms with Gasteiger partial charge in [-0.1, -0.05) is 0 Å². The molecule has 0 aromatic carbocycles. The molecule has 3 rings (SSSR count). The molecule has 2 heterocycles. The molecule has 1 aliphatic heterocycles. The highest BCUT2D eigenvalue weighted by Crippen LogP contribution is 2.42. The monoisotopic (exact) mass is 334 g/mol. The number of nitrogens with zero attached hydrogens (tertiary/aromatic N) is 4. The first-order chi connectivity index (χ1) is 9.17. The van der Waals surface area contributed by atoms with E-state index in [9.17, 15) is 0 Å². The van der Waals surface area contributed by atoms with E-state index in [1.54, 1.807) is 0 Å². The largest absolute Gasteiger partial charge is 0.305 e. The van der Waals surface area contributed by atoms with Gasteiger partial charge in [0.25, 0.3) is 0 Å². The highest BCUT2D eigenvalue weighted by atomic mass is 35.5. The first-order valence-corrected chi connectivity index (χ1v) is 7.57. The Kier molecular flexibility index (Phi) is 6.98. The first-order valence-electron chi connectivity index (χ1n) is 7.57. The van der Waals surface area contributed by atoms with Crippen molar-refractivity contribution in [1.29, 1.82) is 0 Å². The topological polar surface area (TPSA) is 24.3 Å². The molecule has 1 aromatic heterocycles. The second-order valence-corrected chi connectivity index (χ2v) is 6.43. The van der Waals surface area contributed by atoms with Crippen molar-refractivity contribution in [3.8, 4) is 0 Å². The summed E-state index contributed by atoms with van der Waals surface area (Å²) in [5.74, 6) is 1.88. The highest BCUT2D eigenvalue weighted by molar-refractivity contribution is 5.85. The van der Waals surface area contributed by atoms with Crippen LogP contribution in [0.2, 0.25) is 0 Å². The van der Waals surface area contributed by atoms with E-state index in [0.717, 1.165) is 31.0 Å². The number of aromatic nitrogens is 2. The Labute approximate surface area is 140 Å². The van der Waals surface area contributed by atoms with Gasteiger partial charge in [-0.15, -0.1) is 24.8 Å². The molecule has 2 aliphatic rings. The van der Waals surface area contributed by atoms with Crippen molar-refractivity contribution in [1.82, 2.24) is 19.6 Å². The van der Waals surface area contributed by atoms with Crippen LogP contribution in [-0.4, -0.2) is 52.8 Å². The SMILES string of the molecule is CCn1cc(CN2C[C@H](C3CC3)[C@@H](N(C)C)C2)cn1.Cl.Cl. The van der Waals surface area contributed by atoms with Gasteiger partial charge in [0.1, 0.15) is 0 Å². The fourth-order valence-corrected chi connectivity index (χ4v) is 3.48. The number of halogens is 2. The van der Waals surface area contributed by atoms with E-state index < -0.39 is 0 Å². The second-order valence-electron chi connectivity index (χ2n) is 6.43. The molecule has 1 aromatic rings. The van der Waals surface area contributed by atoms with Gasteiger partial charge in [-0.05, 0) is 45.7 Å². The summed E-state index contributed by atoms with van der Waals surface area (Å²) in [7, 11) is 4.47. The minimum absolute atomic E-state index is 0. The Morgan fingerprint density at radius 3 is 2.48 bits per heavy atom. The molecule has 2 atom stereocenters. The predicted molar refractivity (Wildman–Crippen MR) is 91.4 cm³/mol. The zero-order valence-electron chi connectivity index (χ0n) is 13.2. The highest BCUT2D eigenvalue weighted by Gasteiger charge is 2.43. The third-order valence-electron chi connectivity index (χ3n) is 4.72. The summed E-state index contributed by atoms with van der Waals surface area (Å²) in [6.45, 7) is 6.65. The standard InChI is InChI=1S/C15H26N4.2ClH/c1-4-19-9-12(7-16-19)8-18-10-14(13-5-6-13)15(11-18)17(2)3;;/h7,9,13-15H,4-6,8,10-11H2,1-3H3;2*1H/t14-,15+;;/m1../s1. The van der Waals surface area contributed by atoms with Crippen LogP contribution in [0.15, 0.2) is 12.4 Å². The third-order valence-corrected chi connectivity index (χ3v) is 4.72. The van der Waals surface area contributed by atoms with Gasteiger partial charge >= 0.3 is 0 Å². The Morgan fingerprint density at radius 1 is 1.24 bits per heavy atom. The van der Waals surface area contributed by atoms with E-state index >= 15 is 0 Å². The van der Waals surface area contributed by atoms with Gasteiger partial charge in [-0.2, -0.15) is 5.10 Å². The quantitative estimate of drug-likeness (QED) is 0.826. The molecule has 0 amide bonds. The van der Waals surface area contributed by atoms with Gasteiger partial charge in [0.15, 0.2) is 0 Å². The van der Waals surface area contributed by atoms with Crippen molar-refractivity contribution in [3.05, 3.63) is 18.0 Å². The molecule has 1 aliphatic carbocycles. The second kappa shape index (κ2) is 7.82. The number of likely N-dealkylation sites (tertiary alicyclic amines) is 1. The summed E-state index contributed by atoms with van der Waals surface area (Å²) < 4.78 is 2.02. The maximum Gasteiger partial charge on any atom is 0.0534 e. The van der Waals surface area contributed by atoms with E-state index in [4.69, 9.17) is 0 Å². The summed E-state index contributed by atoms with van der Waals surface area (Å²) in [6, 6.07) is 0.744. The number of hydrogen-bond acceptors (Lipinski definition) is 3. The summed E-state index contributed by atoms with van der Waals surface area (Å²) in [5.41, 5.74) is 1.36. The van der Waals surface area contributed by atoms with Crippen LogP contribution in [0.1, 0.15) is 25.3 Å². The third kappa shape index (κ3) is 4.35. The predicted octanol–water partition coefficient (Wildman–Crippen LogP) is 2.52. The van der Waals surface area contributed by atoms with Crippen LogP contribution in [0.25, 0.3) is 0 Å². The minimum Gasteiger partial charge on any atom is -0.305 e. The zero-order valence-corrected chi connectivity index (χ0v) is 14.9. The van der Waals surface area contributed by atoms with E-state index in [0.29, 0.717) is 0 Å². The molecule has 6 heteroatoms. The van der Waals surface area contributed by atoms with Gasteiger partial charge in [0.05, 0.1) is 6.20 Å². The number of likely N-dealkylation sites (N-methyl/N-ethyl adjacent to an activating group) is 1. The van der Waals surface area contributed by atoms with E-state index in [1.807, 2.05) is 10.9 Å². The van der Waals surface area contributed by atoms with Crippen LogP contribution in [0.5, 0.6) is 0 Å². The van der Waals surface area contributed by atoms with Crippen molar-refractivity contribution in [2.24, 2.45) is 11.8 Å². The Bertz CT molecular complexity index is 421. The molecular weight excluding hydrogens is 307 g/mol. The van der Waals surface area contributed by atoms with Gasteiger partial charge in [-0.3, -0.25) is 9.58 Å². The van der Waals surface area contributed by atoms with Crippen LogP contribution in [-0.2, 0) is 13.1 Å². The summed E-state index contributed by atoms with van der Waals surface area (Å²) in [5, 5.41) is 4.38. The average Bonchev–Trinajstić information content (AvgIpc) is 2.99. The molecule has 122 valence electrons. The van der Waals surface area contributed by atoms with Gasteiger partial charge in [0.2, 0.25) is 0 Å². The molecule has 0 radical (unpaired) electrons. The number of rotatable bonds is 5. The molecule has 0 bridgehead atoms. The summed E-state index contributed by atoms with van der Waals surface area (Å²) >= 11 is 0. The molecular formula is C15H28Cl2N4. The zero-order chi connectivity index (χ0) is 13.4. The number of hydrogen-bond donors (Lipinski definition) is 0. The molecule has 1 saturated heterocycles. The van der Waals surface area contributed by atoms with Crippen molar-refractivity contribution >= 4 is 24.8 Å². The van der Waals surface area contributed by atoms with Crippen molar-refractivity contribution in [2.45, 2.75) is 38.9 Å². The summed E-state index contributed by atoms with van der Waals surface area (Å²) in [6.07, 6.45) is 7.13. The Balaban J connectivity index is 0.00000110. The van der Waals surface area contributed by atoms with E-state index in [1.165, 1.54) is 31.5 Å². The van der Waals surface area contributed by atoms with Gasteiger partial charge in [-0.25, -0.2) is 0 Å². The van der Waals surface area contributed by atoms with Crippen molar-refractivity contribution in [2.75, 3.05) is 27.2 Å². The molecule has 0 N–H and O–H groups in total. The average molecular weight is 335 g/mol. The van der Waals surface area contributed by atoms with Crippen LogP contribution in [0, 0.1) is 11.8 Å². The molecule has 0 spiro atoms. The fraction of sp³-hybridized carbons (Fsp3) is 0.800. The maximum absolute atomic E-state index is 4.38. The lowest BCUT2D eigenvalue weighted by Crippen LogP contribution is -2.36. The van der Waals surface area contributed by atoms with Crippen LogP contribution < -0.4 is 0 Å². The van der Waals surface area contributed by atoms with Crippen molar-refractivity contribution < 1.29 is 0 Å².